The van der Waals surface area contributed by atoms with Crippen LogP contribution < -0.4 is 9.47 Å². The molecule has 1 aromatic rings. The number of hydrogen-bond donors (Lipinski definition) is 0. The Kier molecular flexibility index (Phi) is 6.93. The minimum atomic E-state index is -0.402. The molecule has 0 saturated heterocycles. The summed E-state index contributed by atoms with van der Waals surface area (Å²) in [6.07, 6.45) is 0. The van der Waals surface area contributed by atoms with Gasteiger partial charge in [-0.05, 0) is 6.92 Å². The zero-order valence-electron chi connectivity index (χ0n) is 12.2. The Morgan fingerprint density at radius 2 is 1.72 bits per heavy atom. The molecule has 102 valence electrons. The lowest BCUT2D eigenvalue weighted by atomic mass is 10.1. The number of nitrogens with zero attached hydrogens (tertiary/aromatic N) is 2. The van der Waals surface area contributed by atoms with Crippen molar-refractivity contribution >= 4 is 5.97 Å². The molecule has 0 bridgehead atoms. The molecule has 18 heavy (non-hydrogen) atoms. The third kappa shape index (κ3) is 4.31. The first-order valence-electron chi connectivity index (χ1n) is 6.06. The Hall–Kier alpha value is -1.65. The van der Waals surface area contributed by atoms with Gasteiger partial charge in [0.2, 0.25) is 11.8 Å². The summed E-state index contributed by atoms with van der Waals surface area (Å²) in [5, 5.41) is 0. The maximum atomic E-state index is 10.9. The highest BCUT2D eigenvalue weighted by atomic mass is 16.5. The molecular formula is C13H22N2O3. The van der Waals surface area contributed by atoms with Crippen molar-refractivity contribution < 1.29 is 14.3 Å². The number of carbonyl (C=O) groups is 1. The second-order valence-corrected chi connectivity index (χ2v) is 3.76. The summed E-state index contributed by atoms with van der Waals surface area (Å²) in [6.45, 7) is 11.0. The Morgan fingerprint density at radius 1 is 1.17 bits per heavy atom. The summed E-state index contributed by atoms with van der Waals surface area (Å²) in [5.74, 6) is 0.428. The lowest BCUT2D eigenvalue weighted by Crippen LogP contribution is -2.10. The van der Waals surface area contributed by atoms with Gasteiger partial charge in [0.15, 0.2) is 0 Å². The minimum Gasteiger partial charge on any atom is -0.480 e. The van der Waals surface area contributed by atoms with Gasteiger partial charge in [0.25, 0.3) is 0 Å². The second-order valence-electron chi connectivity index (χ2n) is 3.76. The summed E-state index contributed by atoms with van der Waals surface area (Å²) < 4.78 is 10.1. The molecule has 0 fully saturated rings. The van der Waals surface area contributed by atoms with Gasteiger partial charge >= 0.3 is 5.97 Å². The predicted octanol–water partition coefficient (Wildman–Crippen LogP) is 2.87. The summed E-state index contributed by atoms with van der Waals surface area (Å²) in [5.41, 5.74) is 1.22. The van der Waals surface area contributed by atoms with Crippen LogP contribution in [0.1, 0.15) is 51.9 Å². The standard InChI is InChI=1S/C11H16N2O3.C2H6/c1-6(2)9-11(16-8(4)14)12-7(3)10(13-9)15-5;1-2/h6H,1-5H3;1-2H3. The number of aromatic nitrogens is 2. The number of esters is 1. The van der Waals surface area contributed by atoms with Gasteiger partial charge in [-0.15, -0.1) is 0 Å². The van der Waals surface area contributed by atoms with Crippen molar-refractivity contribution in [1.29, 1.82) is 0 Å². The lowest BCUT2D eigenvalue weighted by molar-refractivity contribution is -0.132. The van der Waals surface area contributed by atoms with E-state index in [0.717, 1.165) is 0 Å². The highest BCUT2D eigenvalue weighted by Crippen LogP contribution is 2.26. The van der Waals surface area contributed by atoms with E-state index in [1.165, 1.54) is 14.0 Å². The molecule has 0 aliphatic heterocycles. The first-order chi connectivity index (χ1) is 8.45. The summed E-state index contributed by atoms with van der Waals surface area (Å²) in [6, 6.07) is 0. The lowest BCUT2D eigenvalue weighted by Gasteiger charge is -2.12. The molecule has 0 aliphatic rings. The molecule has 0 aromatic carbocycles. The molecule has 0 saturated carbocycles. The zero-order valence-corrected chi connectivity index (χ0v) is 12.2. The summed E-state index contributed by atoms with van der Waals surface area (Å²) >= 11 is 0. The molecule has 5 nitrogen and oxygen atoms in total. The smallest absolute Gasteiger partial charge is 0.309 e. The molecule has 0 N–H and O–H groups in total. The maximum absolute atomic E-state index is 10.9. The fourth-order valence-corrected chi connectivity index (χ4v) is 1.28. The van der Waals surface area contributed by atoms with Crippen LogP contribution in [0.4, 0.5) is 0 Å². The SMILES string of the molecule is CC.COc1nc(C(C)C)c(OC(C)=O)nc1C. The third-order valence-electron chi connectivity index (χ3n) is 2.00. The molecule has 0 spiro atoms. The maximum Gasteiger partial charge on any atom is 0.309 e. The molecule has 0 amide bonds. The minimum absolute atomic E-state index is 0.108. The van der Waals surface area contributed by atoms with E-state index in [-0.39, 0.29) is 11.8 Å². The van der Waals surface area contributed by atoms with E-state index in [2.05, 4.69) is 9.97 Å². The average molecular weight is 254 g/mol. The Bertz CT molecular complexity index is 403. The van der Waals surface area contributed by atoms with E-state index < -0.39 is 5.97 Å². The molecular weight excluding hydrogens is 232 g/mol. The molecule has 0 radical (unpaired) electrons. The number of ether oxygens (including phenoxy) is 2. The highest BCUT2D eigenvalue weighted by Gasteiger charge is 2.17. The van der Waals surface area contributed by atoms with Crippen LogP contribution in [0.15, 0.2) is 0 Å². The van der Waals surface area contributed by atoms with Crippen molar-refractivity contribution in [3.63, 3.8) is 0 Å². The van der Waals surface area contributed by atoms with Gasteiger partial charge in [-0.3, -0.25) is 4.79 Å². The first-order valence-corrected chi connectivity index (χ1v) is 6.06. The summed E-state index contributed by atoms with van der Waals surface area (Å²) in [7, 11) is 1.53. The van der Waals surface area contributed by atoms with E-state index in [0.29, 0.717) is 17.3 Å². The van der Waals surface area contributed by atoms with Gasteiger partial charge in [0, 0.05) is 12.8 Å². The van der Waals surface area contributed by atoms with E-state index in [9.17, 15) is 4.79 Å². The van der Waals surface area contributed by atoms with Crippen molar-refractivity contribution in [3.05, 3.63) is 11.4 Å². The van der Waals surface area contributed by atoms with E-state index in [1.807, 2.05) is 27.7 Å². The number of hydrogen-bond acceptors (Lipinski definition) is 5. The van der Waals surface area contributed by atoms with E-state index in [4.69, 9.17) is 9.47 Å². The number of rotatable bonds is 3. The van der Waals surface area contributed by atoms with Crippen LogP contribution in [0.3, 0.4) is 0 Å². The van der Waals surface area contributed by atoms with E-state index >= 15 is 0 Å². The van der Waals surface area contributed by atoms with Crippen LogP contribution in [0.2, 0.25) is 0 Å². The van der Waals surface area contributed by atoms with Gasteiger partial charge < -0.3 is 9.47 Å². The molecule has 5 heteroatoms. The average Bonchev–Trinajstić information content (AvgIpc) is 2.30. The van der Waals surface area contributed by atoms with Gasteiger partial charge in [0.1, 0.15) is 11.4 Å². The molecule has 0 aliphatic carbocycles. The predicted molar refractivity (Wildman–Crippen MR) is 70.1 cm³/mol. The van der Waals surface area contributed by atoms with Crippen LogP contribution >= 0.6 is 0 Å². The van der Waals surface area contributed by atoms with Crippen LogP contribution in [0.5, 0.6) is 11.8 Å². The van der Waals surface area contributed by atoms with Crippen molar-refractivity contribution in [2.75, 3.05) is 7.11 Å². The number of carbonyl (C=O) groups excluding carboxylic acids is 1. The fraction of sp³-hybridized carbons (Fsp3) is 0.615. The number of methoxy groups -OCH3 is 1. The Labute approximate surface area is 109 Å². The van der Waals surface area contributed by atoms with Crippen molar-refractivity contribution in [2.45, 2.75) is 47.5 Å². The van der Waals surface area contributed by atoms with Crippen molar-refractivity contribution in [3.8, 4) is 11.8 Å². The topological polar surface area (TPSA) is 61.3 Å². The fourth-order valence-electron chi connectivity index (χ4n) is 1.28. The number of aryl methyl sites for hydroxylation is 1. The second kappa shape index (κ2) is 7.63. The quantitative estimate of drug-likeness (QED) is 0.776. The first kappa shape index (κ1) is 16.4. The molecule has 1 rings (SSSR count). The molecule has 0 unspecified atom stereocenters. The Balaban J connectivity index is 0.00000137. The van der Waals surface area contributed by atoms with Crippen LogP contribution in [-0.2, 0) is 4.79 Å². The van der Waals surface area contributed by atoms with Crippen molar-refractivity contribution in [1.82, 2.24) is 9.97 Å². The van der Waals surface area contributed by atoms with E-state index in [1.54, 1.807) is 6.92 Å². The van der Waals surface area contributed by atoms with Crippen LogP contribution in [0, 0.1) is 6.92 Å². The van der Waals surface area contributed by atoms with Gasteiger partial charge in [0.05, 0.1) is 7.11 Å². The van der Waals surface area contributed by atoms with Crippen molar-refractivity contribution in [2.24, 2.45) is 0 Å². The zero-order chi connectivity index (χ0) is 14.3. The van der Waals surface area contributed by atoms with Crippen LogP contribution in [0.25, 0.3) is 0 Å². The third-order valence-corrected chi connectivity index (χ3v) is 2.00. The molecule has 0 atom stereocenters. The monoisotopic (exact) mass is 254 g/mol. The van der Waals surface area contributed by atoms with Gasteiger partial charge in [-0.2, -0.15) is 0 Å². The summed E-state index contributed by atoms with van der Waals surface area (Å²) in [4.78, 5) is 19.4. The largest absolute Gasteiger partial charge is 0.480 e. The normalized spacial score (nSPS) is 9.56. The van der Waals surface area contributed by atoms with Gasteiger partial charge in [-0.1, -0.05) is 27.7 Å². The Morgan fingerprint density at radius 3 is 2.11 bits per heavy atom. The molecule has 1 aromatic heterocycles. The highest BCUT2D eigenvalue weighted by molar-refractivity contribution is 5.69. The van der Waals surface area contributed by atoms with Gasteiger partial charge in [-0.25, -0.2) is 9.97 Å². The van der Waals surface area contributed by atoms with Crippen LogP contribution in [-0.4, -0.2) is 23.0 Å². The molecule has 1 heterocycles.